The van der Waals surface area contributed by atoms with E-state index in [0.29, 0.717) is 5.02 Å². The molecular weight excluding hydrogens is 243 g/mol. The summed E-state index contributed by atoms with van der Waals surface area (Å²) in [5, 5.41) is 3.08. The lowest BCUT2D eigenvalue weighted by Crippen LogP contribution is -2.37. The van der Waals surface area contributed by atoms with Gasteiger partial charge in [-0.15, -0.1) is 0 Å². The van der Waals surface area contributed by atoms with Crippen LogP contribution in [0.3, 0.4) is 0 Å². The smallest absolute Gasteiger partial charge is 0.241 e. The van der Waals surface area contributed by atoms with Crippen LogP contribution in [0.4, 0.5) is 10.1 Å². The standard InChI is InChI=1S/C12H16ClFN2O/c1-8(2)16(3)12(17)7-15-11-5-4-9(13)6-10(11)14/h4-6,8,15H,7H2,1-3H3. The molecule has 0 aromatic heterocycles. The van der Waals surface area contributed by atoms with E-state index < -0.39 is 5.82 Å². The summed E-state index contributed by atoms with van der Waals surface area (Å²) in [5.74, 6) is -0.549. The number of rotatable bonds is 4. The van der Waals surface area contributed by atoms with Crippen molar-refractivity contribution in [2.24, 2.45) is 0 Å². The van der Waals surface area contributed by atoms with Crippen molar-refractivity contribution in [1.82, 2.24) is 4.90 Å². The Morgan fingerprint density at radius 3 is 2.71 bits per heavy atom. The molecule has 5 heteroatoms. The second-order valence-corrected chi connectivity index (χ2v) is 4.51. The summed E-state index contributed by atoms with van der Waals surface area (Å²) in [4.78, 5) is 13.2. The van der Waals surface area contributed by atoms with Crippen LogP contribution in [0.2, 0.25) is 5.02 Å². The van der Waals surface area contributed by atoms with Crippen molar-refractivity contribution in [1.29, 1.82) is 0 Å². The van der Waals surface area contributed by atoms with Gasteiger partial charge in [-0.25, -0.2) is 4.39 Å². The van der Waals surface area contributed by atoms with Crippen molar-refractivity contribution in [3.8, 4) is 0 Å². The maximum atomic E-state index is 13.4. The Hall–Kier alpha value is -1.29. The van der Waals surface area contributed by atoms with Crippen LogP contribution in [-0.4, -0.2) is 30.4 Å². The predicted octanol–water partition coefficient (Wildman–Crippen LogP) is 2.76. The number of hydrogen-bond donors (Lipinski definition) is 1. The zero-order valence-electron chi connectivity index (χ0n) is 10.1. The van der Waals surface area contributed by atoms with E-state index in [1.54, 1.807) is 18.0 Å². The molecular formula is C12H16ClFN2O. The van der Waals surface area contributed by atoms with Crippen LogP contribution in [0.1, 0.15) is 13.8 Å². The van der Waals surface area contributed by atoms with Crippen LogP contribution in [-0.2, 0) is 4.79 Å². The van der Waals surface area contributed by atoms with E-state index in [0.717, 1.165) is 0 Å². The molecule has 0 saturated heterocycles. The fourth-order valence-electron chi connectivity index (χ4n) is 1.22. The lowest BCUT2D eigenvalue weighted by molar-refractivity contribution is -0.129. The molecule has 1 aromatic rings. The van der Waals surface area contributed by atoms with Crippen molar-refractivity contribution in [2.45, 2.75) is 19.9 Å². The molecule has 1 rings (SSSR count). The van der Waals surface area contributed by atoms with Gasteiger partial charge in [0.15, 0.2) is 0 Å². The minimum atomic E-state index is -0.461. The molecule has 0 unspecified atom stereocenters. The topological polar surface area (TPSA) is 32.3 Å². The van der Waals surface area contributed by atoms with Crippen LogP contribution >= 0.6 is 11.6 Å². The average Bonchev–Trinajstić information content (AvgIpc) is 2.26. The first kappa shape index (κ1) is 13.8. The number of amides is 1. The summed E-state index contributed by atoms with van der Waals surface area (Å²) in [7, 11) is 1.72. The van der Waals surface area contributed by atoms with Crippen LogP contribution in [0, 0.1) is 5.82 Å². The lowest BCUT2D eigenvalue weighted by Gasteiger charge is -2.21. The molecule has 0 saturated carbocycles. The maximum Gasteiger partial charge on any atom is 0.241 e. The van der Waals surface area contributed by atoms with Crippen molar-refractivity contribution >= 4 is 23.2 Å². The third kappa shape index (κ3) is 3.89. The highest BCUT2D eigenvalue weighted by molar-refractivity contribution is 6.30. The van der Waals surface area contributed by atoms with E-state index in [1.807, 2.05) is 13.8 Å². The molecule has 0 aliphatic rings. The number of carbonyl (C=O) groups excluding carboxylic acids is 1. The molecule has 94 valence electrons. The molecule has 0 fully saturated rings. The van der Waals surface area contributed by atoms with Gasteiger partial charge in [0.2, 0.25) is 5.91 Å². The SMILES string of the molecule is CC(C)N(C)C(=O)CNc1ccc(Cl)cc1F. The number of carbonyl (C=O) groups is 1. The van der Waals surface area contributed by atoms with Crippen molar-refractivity contribution in [3.05, 3.63) is 29.0 Å². The number of hydrogen-bond acceptors (Lipinski definition) is 2. The molecule has 1 aromatic carbocycles. The summed E-state index contributed by atoms with van der Waals surface area (Å²) in [6.45, 7) is 3.90. The van der Waals surface area contributed by atoms with Gasteiger partial charge >= 0.3 is 0 Å². The molecule has 0 aliphatic heterocycles. The summed E-state index contributed by atoms with van der Waals surface area (Å²) in [6, 6.07) is 4.42. The van der Waals surface area contributed by atoms with E-state index in [-0.39, 0.29) is 24.2 Å². The summed E-state index contributed by atoms with van der Waals surface area (Å²) >= 11 is 5.63. The van der Waals surface area contributed by atoms with Crippen LogP contribution in [0.25, 0.3) is 0 Å². The van der Waals surface area contributed by atoms with Crippen molar-refractivity contribution in [3.63, 3.8) is 0 Å². The molecule has 1 N–H and O–H groups in total. The Morgan fingerprint density at radius 2 is 2.18 bits per heavy atom. The first-order valence-electron chi connectivity index (χ1n) is 5.36. The molecule has 0 heterocycles. The van der Waals surface area contributed by atoms with E-state index in [1.165, 1.54) is 12.1 Å². The molecule has 0 radical (unpaired) electrons. The van der Waals surface area contributed by atoms with E-state index in [9.17, 15) is 9.18 Å². The Kier molecular flexibility index (Phi) is 4.75. The van der Waals surface area contributed by atoms with E-state index in [2.05, 4.69) is 5.32 Å². The zero-order chi connectivity index (χ0) is 13.0. The summed E-state index contributed by atoms with van der Waals surface area (Å²) in [6.07, 6.45) is 0. The molecule has 0 atom stereocenters. The minimum absolute atomic E-state index is 0.0627. The summed E-state index contributed by atoms with van der Waals surface area (Å²) in [5.41, 5.74) is 0.278. The van der Waals surface area contributed by atoms with E-state index in [4.69, 9.17) is 11.6 Å². The third-order valence-corrected chi connectivity index (χ3v) is 2.76. The Labute approximate surface area is 106 Å². The monoisotopic (exact) mass is 258 g/mol. The molecule has 3 nitrogen and oxygen atoms in total. The van der Waals surface area contributed by atoms with Crippen LogP contribution in [0.15, 0.2) is 18.2 Å². The number of nitrogens with zero attached hydrogens (tertiary/aromatic N) is 1. The summed E-state index contributed by atoms with van der Waals surface area (Å²) < 4.78 is 13.4. The van der Waals surface area contributed by atoms with Gasteiger partial charge in [0.25, 0.3) is 0 Å². The first-order chi connectivity index (χ1) is 7.91. The largest absolute Gasteiger partial charge is 0.374 e. The van der Waals surface area contributed by atoms with Gasteiger partial charge in [0.05, 0.1) is 12.2 Å². The Balaban J connectivity index is 2.59. The number of benzene rings is 1. The highest BCUT2D eigenvalue weighted by atomic mass is 35.5. The second-order valence-electron chi connectivity index (χ2n) is 4.08. The highest BCUT2D eigenvalue weighted by Crippen LogP contribution is 2.18. The predicted molar refractivity (Wildman–Crippen MR) is 67.8 cm³/mol. The van der Waals surface area contributed by atoms with Gasteiger partial charge in [-0.05, 0) is 32.0 Å². The fraction of sp³-hybridized carbons (Fsp3) is 0.417. The normalized spacial score (nSPS) is 10.5. The molecule has 0 spiro atoms. The Morgan fingerprint density at radius 1 is 1.53 bits per heavy atom. The first-order valence-corrected chi connectivity index (χ1v) is 5.74. The van der Waals surface area contributed by atoms with Crippen LogP contribution in [0.5, 0.6) is 0 Å². The minimum Gasteiger partial charge on any atom is -0.374 e. The van der Waals surface area contributed by atoms with Crippen LogP contribution < -0.4 is 5.32 Å². The zero-order valence-corrected chi connectivity index (χ0v) is 10.9. The average molecular weight is 259 g/mol. The van der Waals surface area contributed by atoms with Crippen molar-refractivity contribution < 1.29 is 9.18 Å². The number of anilines is 1. The van der Waals surface area contributed by atoms with Gasteiger partial charge in [0, 0.05) is 18.1 Å². The Bertz CT molecular complexity index is 409. The number of nitrogens with one attached hydrogen (secondary N) is 1. The molecule has 1 amide bonds. The number of halogens is 2. The molecule has 0 aliphatic carbocycles. The third-order valence-electron chi connectivity index (χ3n) is 2.53. The van der Waals surface area contributed by atoms with Gasteiger partial charge in [-0.2, -0.15) is 0 Å². The lowest BCUT2D eigenvalue weighted by atomic mass is 10.3. The quantitative estimate of drug-likeness (QED) is 0.901. The van der Waals surface area contributed by atoms with Gasteiger partial charge < -0.3 is 10.2 Å². The number of likely N-dealkylation sites (N-methyl/N-ethyl adjacent to an activating group) is 1. The molecule has 17 heavy (non-hydrogen) atoms. The van der Waals surface area contributed by atoms with Crippen molar-refractivity contribution in [2.75, 3.05) is 18.9 Å². The second kappa shape index (κ2) is 5.87. The fourth-order valence-corrected chi connectivity index (χ4v) is 1.38. The van der Waals surface area contributed by atoms with E-state index >= 15 is 0 Å². The maximum absolute atomic E-state index is 13.4. The van der Waals surface area contributed by atoms with Gasteiger partial charge in [-0.3, -0.25) is 4.79 Å². The van der Waals surface area contributed by atoms with Gasteiger partial charge in [0.1, 0.15) is 5.82 Å². The molecule has 0 bridgehead atoms. The highest BCUT2D eigenvalue weighted by Gasteiger charge is 2.12. The van der Waals surface area contributed by atoms with Gasteiger partial charge in [-0.1, -0.05) is 11.6 Å².